The van der Waals surface area contributed by atoms with Gasteiger partial charge >= 0.3 is 5.97 Å². The molecule has 1 unspecified atom stereocenters. The van der Waals surface area contributed by atoms with E-state index in [4.69, 9.17) is 22.1 Å². The van der Waals surface area contributed by atoms with E-state index in [0.717, 1.165) is 5.56 Å². The van der Waals surface area contributed by atoms with Crippen LogP contribution in [0.4, 0.5) is 5.69 Å². The number of nitrogens with one attached hydrogen (secondary N) is 1. The van der Waals surface area contributed by atoms with Gasteiger partial charge in [-0.1, -0.05) is 23.7 Å². The lowest BCUT2D eigenvalue weighted by Gasteiger charge is -2.16. The molecule has 0 saturated carbocycles. The molecule has 23 heavy (non-hydrogen) atoms. The second kappa shape index (κ2) is 7.31. The predicted molar refractivity (Wildman–Crippen MR) is 86.1 cm³/mol. The van der Waals surface area contributed by atoms with Crippen LogP contribution in [0.5, 0.6) is 0 Å². The van der Waals surface area contributed by atoms with Gasteiger partial charge in [0.15, 0.2) is 0 Å². The summed E-state index contributed by atoms with van der Waals surface area (Å²) in [5.41, 5.74) is 2.17. The Bertz CT molecular complexity index is 804. The van der Waals surface area contributed by atoms with Crippen molar-refractivity contribution < 1.29 is 9.90 Å². The Balaban J connectivity index is 2.15. The van der Waals surface area contributed by atoms with E-state index in [1.807, 2.05) is 12.1 Å². The van der Waals surface area contributed by atoms with Crippen molar-refractivity contribution in [2.24, 2.45) is 0 Å². The Morgan fingerprint density at radius 1 is 1.17 bits per heavy atom. The molecule has 0 fully saturated rings. The molecule has 2 N–H and O–H groups in total. The molecule has 0 bridgehead atoms. The van der Waals surface area contributed by atoms with Gasteiger partial charge in [0.05, 0.1) is 22.2 Å². The molecule has 0 aliphatic carbocycles. The molecule has 0 radical (unpaired) electrons. The number of nitrogens with zero attached hydrogens (tertiary/aromatic N) is 2. The summed E-state index contributed by atoms with van der Waals surface area (Å²) in [6, 6.07) is 14.5. The molecule has 5 nitrogen and oxygen atoms in total. The number of aliphatic carboxylic acids is 1. The first kappa shape index (κ1) is 16.4. The van der Waals surface area contributed by atoms with Crippen LogP contribution < -0.4 is 5.32 Å². The molecule has 2 aromatic carbocycles. The van der Waals surface area contributed by atoms with Gasteiger partial charge in [0.2, 0.25) is 0 Å². The molecule has 114 valence electrons. The number of hydrogen-bond donors (Lipinski definition) is 2. The molecule has 1 atom stereocenters. The lowest BCUT2D eigenvalue weighted by molar-refractivity contribution is -0.137. The zero-order valence-electron chi connectivity index (χ0n) is 12.0. The fourth-order valence-corrected chi connectivity index (χ4v) is 2.27. The number of anilines is 1. The topological polar surface area (TPSA) is 96.9 Å². The maximum absolute atomic E-state index is 11.4. The number of carboxylic acids is 1. The number of carboxylic acid groups (broad SMARTS) is 1. The zero-order valence-corrected chi connectivity index (χ0v) is 12.7. The molecule has 0 aliphatic rings. The SMILES string of the molecule is N#Cc1ccc(CC(Nc2ccc(C#N)c(Cl)c2)C(=O)O)cc1. The van der Waals surface area contributed by atoms with Gasteiger partial charge in [-0.2, -0.15) is 10.5 Å². The highest BCUT2D eigenvalue weighted by Crippen LogP contribution is 2.21. The minimum Gasteiger partial charge on any atom is -0.480 e. The van der Waals surface area contributed by atoms with Crippen LogP contribution in [-0.2, 0) is 11.2 Å². The normalized spacial score (nSPS) is 11.1. The Morgan fingerprint density at radius 2 is 1.87 bits per heavy atom. The third-order valence-corrected chi connectivity index (χ3v) is 3.56. The minimum atomic E-state index is -1.00. The fraction of sp³-hybridized carbons (Fsp3) is 0.118. The van der Waals surface area contributed by atoms with Crippen LogP contribution in [-0.4, -0.2) is 17.1 Å². The zero-order chi connectivity index (χ0) is 16.8. The Hall–Kier alpha value is -3.02. The second-order valence-corrected chi connectivity index (χ2v) is 5.26. The van der Waals surface area contributed by atoms with Crippen molar-refractivity contribution in [1.29, 1.82) is 10.5 Å². The van der Waals surface area contributed by atoms with E-state index in [2.05, 4.69) is 5.32 Å². The van der Waals surface area contributed by atoms with Gasteiger partial charge in [-0.25, -0.2) is 4.79 Å². The number of benzene rings is 2. The summed E-state index contributed by atoms with van der Waals surface area (Å²) in [6.07, 6.45) is 0.249. The van der Waals surface area contributed by atoms with Gasteiger partial charge in [-0.3, -0.25) is 0 Å². The Labute approximate surface area is 138 Å². The third-order valence-electron chi connectivity index (χ3n) is 3.25. The molecule has 0 aromatic heterocycles. The largest absolute Gasteiger partial charge is 0.480 e. The van der Waals surface area contributed by atoms with Crippen molar-refractivity contribution in [2.75, 3.05) is 5.32 Å². The van der Waals surface area contributed by atoms with E-state index in [0.29, 0.717) is 16.8 Å². The Morgan fingerprint density at radius 3 is 2.39 bits per heavy atom. The fourth-order valence-electron chi connectivity index (χ4n) is 2.05. The molecule has 0 amide bonds. The minimum absolute atomic E-state index is 0.249. The van der Waals surface area contributed by atoms with E-state index in [-0.39, 0.29) is 11.4 Å². The first-order chi connectivity index (χ1) is 11.0. The van der Waals surface area contributed by atoms with Crippen molar-refractivity contribution in [3.63, 3.8) is 0 Å². The molecule has 0 spiro atoms. The van der Waals surface area contributed by atoms with Crippen LogP contribution >= 0.6 is 11.6 Å². The van der Waals surface area contributed by atoms with Crippen molar-refractivity contribution in [1.82, 2.24) is 0 Å². The number of halogens is 1. The van der Waals surface area contributed by atoms with Gasteiger partial charge in [0, 0.05) is 12.1 Å². The number of nitriles is 2. The average molecular weight is 326 g/mol. The van der Waals surface area contributed by atoms with E-state index in [1.165, 1.54) is 12.1 Å². The molecule has 2 aromatic rings. The van der Waals surface area contributed by atoms with Gasteiger partial charge in [-0.15, -0.1) is 0 Å². The smallest absolute Gasteiger partial charge is 0.326 e. The summed E-state index contributed by atoms with van der Waals surface area (Å²) in [5, 5.41) is 30.1. The van der Waals surface area contributed by atoms with Crippen molar-refractivity contribution in [3.05, 3.63) is 64.2 Å². The molecule has 6 heteroatoms. The van der Waals surface area contributed by atoms with Gasteiger partial charge < -0.3 is 10.4 Å². The summed E-state index contributed by atoms with van der Waals surface area (Å²) >= 11 is 5.95. The van der Waals surface area contributed by atoms with Crippen LogP contribution in [0.25, 0.3) is 0 Å². The molecule has 0 aliphatic heterocycles. The molecule has 0 heterocycles. The van der Waals surface area contributed by atoms with Crippen molar-refractivity contribution in [2.45, 2.75) is 12.5 Å². The van der Waals surface area contributed by atoms with Crippen LogP contribution in [0.3, 0.4) is 0 Å². The van der Waals surface area contributed by atoms with Gasteiger partial charge in [0.25, 0.3) is 0 Å². The predicted octanol–water partition coefficient (Wildman–Crippen LogP) is 3.19. The summed E-state index contributed by atoms with van der Waals surface area (Å²) < 4.78 is 0. The van der Waals surface area contributed by atoms with Crippen LogP contribution in [0.2, 0.25) is 5.02 Å². The van der Waals surface area contributed by atoms with Crippen LogP contribution in [0, 0.1) is 22.7 Å². The third kappa shape index (κ3) is 4.23. The molecular formula is C17H12ClN3O2. The van der Waals surface area contributed by atoms with E-state index >= 15 is 0 Å². The monoisotopic (exact) mass is 325 g/mol. The lowest BCUT2D eigenvalue weighted by Crippen LogP contribution is -2.31. The quantitative estimate of drug-likeness (QED) is 0.879. The standard InChI is InChI=1S/C17H12ClN3O2/c18-15-8-14(6-5-13(15)10-20)21-16(17(22)23)7-11-1-3-12(9-19)4-2-11/h1-6,8,16,21H,7H2,(H,22,23). The molecule has 2 rings (SSSR count). The highest BCUT2D eigenvalue weighted by molar-refractivity contribution is 6.32. The second-order valence-electron chi connectivity index (χ2n) is 4.85. The molecular weight excluding hydrogens is 314 g/mol. The van der Waals surface area contributed by atoms with E-state index < -0.39 is 12.0 Å². The summed E-state index contributed by atoms with van der Waals surface area (Å²) in [4.78, 5) is 11.4. The Kier molecular flexibility index (Phi) is 5.19. The average Bonchev–Trinajstić information content (AvgIpc) is 2.55. The molecule has 0 saturated heterocycles. The van der Waals surface area contributed by atoms with E-state index in [9.17, 15) is 9.90 Å². The summed E-state index contributed by atoms with van der Waals surface area (Å²) in [7, 11) is 0. The van der Waals surface area contributed by atoms with E-state index in [1.54, 1.807) is 30.3 Å². The maximum Gasteiger partial charge on any atom is 0.326 e. The van der Waals surface area contributed by atoms with Crippen LogP contribution in [0.15, 0.2) is 42.5 Å². The lowest BCUT2D eigenvalue weighted by atomic mass is 10.0. The number of carbonyl (C=O) groups is 1. The van der Waals surface area contributed by atoms with Crippen molar-refractivity contribution in [3.8, 4) is 12.1 Å². The summed E-state index contributed by atoms with van der Waals surface area (Å²) in [5.74, 6) is -1.00. The van der Waals surface area contributed by atoms with Gasteiger partial charge in [-0.05, 0) is 35.9 Å². The highest BCUT2D eigenvalue weighted by atomic mass is 35.5. The number of rotatable bonds is 5. The first-order valence-corrected chi connectivity index (χ1v) is 7.09. The first-order valence-electron chi connectivity index (χ1n) is 6.71. The number of hydrogen-bond acceptors (Lipinski definition) is 4. The van der Waals surface area contributed by atoms with Gasteiger partial charge in [0.1, 0.15) is 12.1 Å². The van der Waals surface area contributed by atoms with Crippen molar-refractivity contribution >= 4 is 23.3 Å². The summed E-state index contributed by atoms with van der Waals surface area (Å²) in [6.45, 7) is 0. The highest BCUT2D eigenvalue weighted by Gasteiger charge is 2.18. The maximum atomic E-state index is 11.4. The van der Waals surface area contributed by atoms with Crippen LogP contribution in [0.1, 0.15) is 16.7 Å².